The van der Waals surface area contributed by atoms with Gasteiger partial charge in [0.2, 0.25) is 5.91 Å². The Labute approximate surface area is 212 Å². The van der Waals surface area contributed by atoms with Crippen LogP contribution in [0.25, 0.3) is 6.08 Å². The smallest absolute Gasteiger partial charge is 0.340 e. The molecule has 0 N–H and O–H groups in total. The molecular formula is C27H36N4O5. The summed E-state index contributed by atoms with van der Waals surface area (Å²) in [5, 5.41) is 0. The molecule has 2 aromatic heterocycles. The lowest BCUT2D eigenvalue weighted by Gasteiger charge is -2.22. The van der Waals surface area contributed by atoms with Gasteiger partial charge in [0.05, 0.1) is 24.3 Å². The van der Waals surface area contributed by atoms with Gasteiger partial charge in [0.1, 0.15) is 5.82 Å². The standard InChI is InChI=1S/C27H36N4O5/c1-6-31-19(4)22(25(20(31)5)27(34)36-8-3)11-13-24(32)30-15-9-14-29(16-17-30)23-12-10-21(18-28-23)26(33)35-7-2/h10-13,18H,6-9,14-17H2,1-5H3/b13-11+. The zero-order valence-corrected chi connectivity index (χ0v) is 21.9. The molecule has 1 aliphatic rings. The summed E-state index contributed by atoms with van der Waals surface area (Å²) in [6.45, 7) is 13.3. The van der Waals surface area contributed by atoms with E-state index in [1.165, 1.54) is 6.20 Å². The van der Waals surface area contributed by atoms with Crippen LogP contribution in [0.2, 0.25) is 0 Å². The Kier molecular flexibility index (Phi) is 9.27. The van der Waals surface area contributed by atoms with Crippen molar-refractivity contribution in [2.75, 3.05) is 44.3 Å². The molecule has 0 spiro atoms. The topological polar surface area (TPSA) is 94.0 Å². The van der Waals surface area contributed by atoms with Gasteiger partial charge >= 0.3 is 11.9 Å². The molecule has 0 aliphatic carbocycles. The number of anilines is 1. The quantitative estimate of drug-likeness (QED) is 0.407. The molecule has 194 valence electrons. The highest BCUT2D eigenvalue weighted by Gasteiger charge is 2.23. The molecule has 0 aromatic carbocycles. The number of hydrogen-bond acceptors (Lipinski definition) is 7. The molecule has 0 unspecified atom stereocenters. The van der Waals surface area contributed by atoms with Gasteiger partial charge in [0.15, 0.2) is 0 Å². The molecule has 0 bridgehead atoms. The number of ether oxygens (including phenoxy) is 2. The Balaban J connectivity index is 1.70. The van der Waals surface area contributed by atoms with Crippen molar-refractivity contribution < 1.29 is 23.9 Å². The highest BCUT2D eigenvalue weighted by Crippen LogP contribution is 2.25. The average Bonchev–Trinajstić information content (AvgIpc) is 3.01. The minimum atomic E-state index is -0.387. The Morgan fingerprint density at radius 3 is 2.31 bits per heavy atom. The number of esters is 2. The number of hydrogen-bond donors (Lipinski definition) is 0. The summed E-state index contributed by atoms with van der Waals surface area (Å²) in [6.07, 6.45) is 5.60. The van der Waals surface area contributed by atoms with Crippen LogP contribution in [-0.2, 0) is 20.8 Å². The molecule has 9 nitrogen and oxygen atoms in total. The summed E-state index contributed by atoms with van der Waals surface area (Å²) in [5.74, 6) is -0.0939. The molecule has 0 atom stereocenters. The maximum absolute atomic E-state index is 13.1. The molecule has 3 rings (SSSR count). The van der Waals surface area contributed by atoms with E-state index in [4.69, 9.17) is 9.47 Å². The Bertz CT molecular complexity index is 1120. The first-order valence-corrected chi connectivity index (χ1v) is 12.5. The van der Waals surface area contributed by atoms with E-state index in [0.717, 1.165) is 42.3 Å². The zero-order valence-electron chi connectivity index (χ0n) is 21.9. The van der Waals surface area contributed by atoms with Crippen LogP contribution in [-0.4, -0.2) is 71.7 Å². The van der Waals surface area contributed by atoms with Crippen LogP contribution >= 0.6 is 0 Å². The molecule has 1 fully saturated rings. The van der Waals surface area contributed by atoms with Gasteiger partial charge in [-0.2, -0.15) is 0 Å². The predicted molar refractivity (Wildman–Crippen MR) is 138 cm³/mol. The Morgan fingerprint density at radius 2 is 1.67 bits per heavy atom. The van der Waals surface area contributed by atoms with E-state index in [9.17, 15) is 14.4 Å². The number of carbonyl (C=O) groups excluding carboxylic acids is 3. The molecule has 9 heteroatoms. The second-order valence-corrected chi connectivity index (χ2v) is 8.55. The molecule has 36 heavy (non-hydrogen) atoms. The number of amides is 1. The van der Waals surface area contributed by atoms with E-state index < -0.39 is 0 Å². The highest BCUT2D eigenvalue weighted by atomic mass is 16.5. The molecule has 0 saturated carbocycles. The maximum Gasteiger partial charge on any atom is 0.340 e. The first kappa shape index (κ1) is 27.0. The summed E-state index contributed by atoms with van der Waals surface area (Å²) in [7, 11) is 0. The minimum Gasteiger partial charge on any atom is -0.462 e. The van der Waals surface area contributed by atoms with Gasteiger partial charge in [-0.3, -0.25) is 4.79 Å². The number of carbonyl (C=O) groups is 3. The third kappa shape index (κ3) is 5.95. The van der Waals surface area contributed by atoms with Crippen molar-refractivity contribution in [3.8, 4) is 0 Å². The number of pyridine rings is 1. The Hall–Kier alpha value is -3.62. The van der Waals surface area contributed by atoms with Crippen molar-refractivity contribution in [1.29, 1.82) is 0 Å². The van der Waals surface area contributed by atoms with Crippen molar-refractivity contribution >= 4 is 29.7 Å². The third-order valence-corrected chi connectivity index (χ3v) is 6.41. The fraction of sp³-hybridized carbons (Fsp3) is 0.481. The van der Waals surface area contributed by atoms with Crippen molar-refractivity contribution in [3.05, 3.63) is 52.5 Å². The summed E-state index contributed by atoms with van der Waals surface area (Å²) in [6, 6.07) is 3.52. The monoisotopic (exact) mass is 496 g/mol. The van der Waals surface area contributed by atoms with Crippen LogP contribution < -0.4 is 4.90 Å². The summed E-state index contributed by atoms with van der Waals surface area (Å²) < 4.78 is 12.3. The normalized spacial score (nSPS) is 14.1. The lowest BCUT2D eigenvalue weighted by molar-refractivity contribution is -0.125. The van der Waals surface area contributed by atoms with Gasteiger partial charge in [0.25, 0.3) is 0 Å². The van der Waals surface area contributed by atoms with Crippen LogP contribution in [0.5, 0.6) is 0 Å². The van der Waals surface area contributed by atoms with E-state index in [1.54, 1.807) is 32.1 Å². The predicted octanol–water partition coefficient (Wildman–Crippen LogP) is 3.63. The summed E-state index contributed by atoms with van der Waals surface area (Å²) >= 11 is 0. The molecule has 3 heterocycles. The van der Waals surface area contributed by atoms with Crippen LogP contribution in [0.15, 0.2) is 24.4 Å². The zero-order chi connectivity index (χ0) is 26.2. The van der Waals surface area contributed by atoms with Crippen molar-refractivity contribution in [2.45, 2.75) is 47.6 Å². The van der Waals surface area contributed by atoms with Crippen LogP contribution in [0.1, 0.15) is 64.9 Å². The minimum absolute atomic E-state index is 0.0985. The van der Waals surface area contributed by atoms with Crippen LogP contribution in [0, 0.1) is 13.8 Å². The molecule has 1 saturated heterocycles. The fourth-order valence-corrected chi connectivity index (χ4v) is 4.58. The van der Waals surface area contributed by atoms with E-state index in [-0.39, 0.29) is 17.8 Å². The van der Waals surface area contributed by atoms with Gasteiger partial charge < -0.3 is 23.8 Å². The second-order valence-electron chi connectivity index (χ2n) is 8.55. The summed E-state index contributed by atoms with van der Waals surface area (Å²) in [5.41, 5.74) is 3.43. The Morgan fingerprint density at radius 1 is 0.944 bits per heavy atom. The molecule has 0 radical (unpaired) electrons. The van der Waals surface area contributed by atoms with E-state index in [0.29, 0.717) is 44.0 Å². The SMILES string of the molecule is CCOC(=O)c1ccc(N2CCCN(C(=O)/C=C/c3c(C(=O)OCC)c(C)n(CC)c3C)CC2)nc1. The van der Waals surface area contributed by atoms with Crippen LogP contribution in [0.3, 0.4) is 0 Å². The summed E-state index contributed by atoms with van der Waals surface area (Å²) in [4.78, 5) is 45.9. The van der Waals surface area contributed by atoms with E-state index in [2.05, 4.69) is 14.5 Å². The number of aromatic nitrogens is 2. The maximum atomic E-state index is 13.1. The first-order chi connectivity index (χ1) is 17.3. The van der Waals surface area contributed by atoms with Crippen molar-refractivity contribution in [3.63, 3.8) is 0 Å². The lowest BCUT2D eigenvalue weighted by Crippen LogP contribution is -2.34. The average molecular weight is 497 g/mol. The van der Waals surface area contributed by atoms with Gasteiger partial charge in [-0.25, -0.2) is 14.6 Å². The molecular weight excluding hydrogens is 460 g/mol. The largest absolute Gasteiger partial charge is 0.462 e. The van der Waals surface area contributed by atoms with Gasteiger partial charge in [-0.1, -0.05) is 0 Å². The van der Waals surface area contributed by atoms with E-state index in [1.807, 2.05) is 31.7 Å². The van der Waals surface area contributed by atoms with Crippen molar-refractivity contribution in [2.24, 2.45) is 0 Å². The number of nitrogens with zero attached hydrogens (tertiary/aromatic N) is 4. The van der Waals surface area contributed by atoms with Gasteiger partial charge in [-0.05, 0) is 59.2 Å². The molecule has 2 aromatic rings. The van der Waals surface area contributed by atoms with Gasteiger partial charge in [-0.15, -0.1) is 0 Å². The number of rotatable bonds is 8. The fourth-order valence-electron chi connectivity index (χ4n) is 4.58. The van der Waals surface area contributed by atoms with E-state index >= 15 is 0 Å². The molecule has 1 amide bonds. The van der Waals surface area contributed by atoms with Gasteiger partial charge in [0, 0.05) is 61.9 Å². The highest BCUT2D eigenvalue weighted by molar-refractivity contribution is 5.99. The third-order valence-electron chi connectivity index (χ3n) is 6.41. The van der Waals surface area contributed by atoms with Crippen molar-refractivity contribution in [1.82, 2.24) is 14.5 Å². The first-order valence-electron chi connectivity index (χ1n) is 12.5. The second kappa shape index (κ2) is 12.4. The molecule has 1 aliphatic heterocycles. The van der Waals surface area contributed by atoms with Crippen LogP contribution in [0.4, 0.5) is 5.82 Å². The lowest BCUT2D eigenvalue weighted by atomic mass is 10.1.